The molecule has 1 saturated heterocycles. The Bertz CT molecular complexity index is 1490. The van der Waals surface area contributed by atoms with Gasteiger partial charge in [-0.1, -0.05) is 19.1 Å². The van der Waals surface area contributed by atoms with E-state index in [0.29, 0.717) is 32.6 Å². The van der Waals surface area contributed by atoms with E-state index in [2.05, 4.69) is 20.2 Å². The van der Waals surface area contributed by atoms with E-state index in [-0.39, 0.29) is 12.2 Å². The molecule has 4 aliphatic rings. The number of benzene rings is 2. The van der Waals surface area contributed by atoms with Gasteiger partial charge in [0.05, 0.1) is 56.1 Å². The number of rotatable bonds is 4. The summed E-state index contributed by atoms with van der Waals surface area (Å²) in [7, 11) is 0.159. The highest BCUT2D eigenvalue weighted by Crippen LogP contribution is 2.51. The lowest BCUT2D eigenvalue weighted by atomic mass is 9.78. The van der Waals surface area contributed by atoms with E-state index in [1.165, 1.54) is 16.1 Å². The number of carboxylic acids is 1. The molecule has 0 saturated carbocycles. The monoisotopic (exact) mass is 497 g/mol. The molecule has 4 heterocycles. The lowest BCUT2D eigenvalue weighted by Crippen LogP contribution is -2.64. The van der Waals surface area contributed by atoms with Gasteiger partial charge in [-0.2, -0.15) is 0 Å². The van der Waals surface area contributed by atoms with Crippen molar-refractivity contribution in [1.82, 2.24) is 4.90 Å². The van der Waals surface area contributed by atoms with Crippen molar-refractivity contribution in [3.63, 3.8) is 0 Å². The molecule has 0 aromatic heterocycles. The maximum atomic E-state index is 14.0. The van der Waals surface area contributed by atoms with E-state index in [1.807, 2.05) is 12.1 Å². The van der Waals surface area contributed by atoms with Gasteiger partial charge in [-0.3, -0.25) is 9.10 Å². The molecule has 4 aliphatic heterocycles. The highest BCUT2D eigenvalue weighted by molar-refractivity contribution is 7.93. The number of aliphatic hydroxyl groups excluding tert-OH is 1. The number of aliphatic carboxylic acids is 1. The average molecular weight is 498 g/mol. The minimum atomic E-state index is -3.97. The van der Waals surface area contributed by atoms with E-state index in [1.54, 1.807) is 13.0 Å². The van der Waals surface area contributed by atoms with Crippen LogP contribution in [0.5, 0.6) is 0 Å². The van der Waals surface area contributed by atoms with Crippen LogP contribution in [0.2, 0.25) is 0 Å². The first-order chi connectivity index (χ1) is 16.3. The normalized spacial score (nSPS) is 28.4. The van der Waals surface area contributed by atoms with Gasteiger partial charge in [0, 0.05) is 22.4 Å². The maximum absolute atomic E-state index is 14.0. The first kappa shape index (κ1) is 22.5. The molecule has 9 nitrogen and oxygen atoms in total. The Balaban J connectivity index is 1.49. The molecule has 4 atom stereocenters. The average Bonchev–Trinajstić information content (AvgIpc) is 3.27. The highest BCUT2D eigenvalue weighted by Gasteiger charge is 2.59. The molecular formula is C25H27N3O6S. The minimum Gasteiger partial charge on any atom is -0.543 e. The number of carbonyl (C=O) groups is 2. The minimum absolute atomic E-state index is 0.194. The van der Waals surface area contributed by atoms with Crippen molar-refractivity contribution < 1.29 is 32.7 Å². The molecule has 6 rings (SSSR count). The van der Waals surface area contributed by atoms with Gasteiger partial charge >= 0.3 is 0 Å². The number of hydrogen-bond acceptors (Lipinski definition) is 6. The molecule has 1 unspecified atom stereocenters. The summed E-state index contributed by atoms with van der Waals surface area (Å²) < 4.78 is 30.0. The Morgan fingerprint density at radius 3 is 2.66 bits per heavy atom. The summed E-state index contributed by atoms with van der Waals surface area (Å²) in [6.45, 7) is 4.41. The lowest BCUT2D eigenvalue weighted by Gasteiger charge is -2.47. The summed E-state index contributed by atoms with van der Waals surface area (Å²) >= 11 is 0. The zero-order valence-corrected chi connectivity index (χ0v) is 20.8. The summed E-state index contributed by atoms with van der Waals surface area (Å²) in [5.41, 5.74) is 2.40. The van der Waals surface area contributed by atoms with Crippen molar-refractivity contribution in [2.24, 2.45) is 11.8 Å². The zero-order valence-electron chi connectivity index (χ0n) is 20.0. The molecule has 0 radical (unpaired) electrons. The first-order valence-electron chi connectivity index (χ1n) is 11.7. The van der Waals surface area contributed by atoms with Crippen molar-refractivity contribution in [2.45, 2.75) is 44.0 Å². The van der Waals surface area contributed by atoms with Crippen molar-refractivity contribution in [2.75, 3.05) is 24.9 Å². The van der Waals surface area contributed by atoms with Crippen molar-refractivity contribution in [3.05, 3.63) is 46.7 Å². The molecule has 1 N–H and O–H groups in total. The van der Waals surface area contributed by atoms with Crippen LogP contribution in [0.15, 0.2) is 40.4 Å². The molecule has 1 amide bonds. The van der Waals surface area contributed by atoms with Crippen LogP contribution < -0.4 is 9.41 Å². The molecule has 10 heteroatoms. The molecular weight excluding hydrogens is 470 g/mol. The van der Waals surface area contributed by atoms with Gasteiger partial charge in [0.25, 0.3) is 10.0 Å². The van der Waals surface area contributed by atoms with E-state index in [4.69, 9.17) is 0 Å². The number of aliphatic hydroxyl groups is 1. The number of carboxylic acid groups (broad SMARTS) is 1. The lowest BCUT2D eigenvalue weighted by molar-refractivity contribution is -0.910. The van der Waals surface area contributed by atoms with Crippen LogP contribution in [0.25, 0.3) is 10.8 Å². The zero-order chi connectivity index (χ0) is 25.2. The Labute approximate surface area is 203 Å². The molecule has 184 valence electrons. The number of fused-ring (bicyclic) bond motifs is 3. The predicted molar refractivity (Wildman–Crippen MR) is 125 cm³/mol. The van der Waals surface area contributed by atoms with Gasteiger partial charge in [-0.25, -0.2) is 8.42 Å². The predicted octanol–water partition coefficient (Wildman–Crippen LogP) is 0.300. The fourth-order valence-corrected chi connectivity index (χ4v) is 8.58. The maximum Gasteiger partial charge on any atom is 0.265 e. The topological polar surface area (TPSA) is 118 Å². The summed E-state index contributed by atoms with van der Waals surface area (Å²) in [6, 6.07) is 6.99. The number of hydrogen-bond donors (Lipinski definition) is 1. The number of nitrogens with zero attached hydrogens (tertiary/aromatic N) is 3. The quantitative estimate of drug-likeness (QED) is 0.480. The van der Waals surface area contributed by atoms with Gasteiger partial charge < -0.3 is 24.4 Å². The Kier molecular flexibility index (Phi) is 4.40. The third-order valence-corrected chi connectivity index (χ3v) is 9.99. The Morgan fingerprint density at radius 1 is 1.29 bits per heavy atom. The van der Waals surface area contributed by atoms with Gasteiger partial charge in [0.15, 0.2) is 0 Å². The largest absolute Gasteiger partial charge is 0.543 e. The number of β-lactam (4-membered cyclic amide) rings is 1. The van der Waals surface area contributed by atoms with E-state index in [9.17, 15) is 28.2 Å². The number of sulfonamides is 1. The van der Waals surface area contributed by atoms with Gasteiger partial charge in [0.2, 0.25) is 5.91 Å². The van der Waals surface area contributed by atoms with Crippen LogP contribution in [0, 0.1) is 11.8 Å². The first-order valence-corrected chi connectivity index (χ1v) is 13.2. The van der Waals surface area contributed by atoms with Crippen LogP contribution in [0.3, 0.4) is 0 Å². The summed E-state index contributed by atoms with van der Waals surface area (Å²) in [4.78, 5) is 26.3. The van der Waals surface area contributed by atoms with Crippen LogP contribution >= 0.6 is 0 Å². The number of amides is 1. The number of quaternary nitrogens is 1. The summed E-state index contributed by atoms with van der Waals surface area (Å²) in [5.74, 6) is -3.16. The fourth-order valence-electron chi connectivity index (χ4n) is 6.66. The standard InChI is InChI=1S/C25H27N3O6S/c1-12-16(22(25(31)32)27-21(12)19(13(2)29)24(27)30)9-26-18-7-5-6-14-8-15-10-28(3,4)11-17(15)23(20(14)18)35(26,33)34/h5-8,12-13,19,21,29H,9-11H2,1-4H3/t12-,13?,19+,21+/m0/s1. The van der Waals surface area contributed by atoms with Crippen LogP contribution in [0.4, 0.5) is 5.69 Å². The molecule has 35 heavy (non-hydrogen) atoms. The number of carbonyl (C=O) groups excluding carboxylic acids is 2. The fraction of sp³-hybridized carbons (Fsp3) is 0.440. The molecule has 2 aromatic rings. The second-order valence-corrected chi connectivity index (χ2v) is 12.7. The van der Waals surface area contributed by atoms with Gasteiger partial charge in [-0.15, -0.1) is 0 Å². The van der Waals surface area contributed by atoms with Gasteiger partial charge in [-0.05, 0) is 30.0 Å². The molecule has 0 aliphatic carbocycles. The van der Waals surface area contributed by atoms with E-state index < -0.39 is 45.9 Å². The molecule has 1 fully saturated rings. The Hall–Kier alpha value is -2.95. The van der Waals surface area contributed by atoms with Crippen molar-refractivity contribution in [1.29, 1.82) is 0 Å². The smallest absolute Gasteiger partial charge is 0.265 e. The van der Waals surface area contributed by atoms with Crippen molar-refractivity contribution >= 4 is 38.4 Å². The van der Waals surface area contributed by atoms with Crippen LogP contribution in [0.1, 0.15) is 25.0 Å². The summed E-state index contributed by atoms with van der Waals surface area (Å²) in [5, 5.41) is 23.7. The Morgan fingerprint density at radius 2 is 2.00 bits per heavy atom. The van der Waals surface area contributed by atoms with Crippen LogP contribution in [-0.4, -0.2) is 67.6 Å². The van der Waals surface area contributed by atoms with Gasteiger partial charge in [0.1, 0.15) is 18.0 Å². The number of anilines is 1. The molecule has 0 spiro atoms. The second kappa shape index (κ2) is 6.83. The third-order valence-electron chi connectivity index (χ3n) is 8.12. The highest BCUT2D eigenvalue weighted by atomic mass is 32.2. The summed E-state index contributed by atoms with van der Waals surface area (Å²) in [6.07, 6.45) is -0.939. The molecule has 0 bridgehead atoms. The van der Waals surface area contributed by atoms with E-state index in [0.717, 1.165) is 23.1 Å². The second-order valence-electron chi connectivity index (χ2n) is 10.9. The SMILES string of the molecule is CC(O)[C@H]1C(=O)N2C(C(=O)[O-])=C(CN3c4cccc5cc6c(c(c45)S3(=O)=O)C[N+](C)(C)C6)[C@H](C)[C@H]12. The molecule has 2 aromatic carbocycles. The van der Waals surface area contributed by atoms with Crippen molar-refractivity contribution in [3.8, 4) is 0 Å². The van der Waals surface area contributed by atoms with Crippen LogP contribution in [-0.2, 0) is 32.7 Å². The third kappa shape index (κ3) is 2.78. The van der Waals surface area contributed by atoms with E-state index >= 15 is 0 Å².